The third-order valence-corrected chi connectivity index (χ3v) is 3.06. The number of hydrogen-bond acceptors (Lipinski definition) is 3. The van der Waals surface area contributed by atoms with E-state index in [2.05, 4.69) is 10.2 Å². The topological polar surface area (TPSA) is 29.0 Å². The van der Waals surface area contributed by atoms with Crippen LogP contribution in [0.1, 0.15) is 0 Å². The van der Waals surface area contributed by atoms with Gasteiger partial charge in [0.25, 0.3) is 0 Å². The number of rotatable bonds is 2. The van der Waals surface area contributed by atoms with Crippen LogP contribution < -0.4 is 4.90 Å². The molecule has 5 heteroatoms. The van der Waals surface area contributed by atoms with Gasteiger partial charge in [-0.2, -0.15) is 0 Å². The molecule has 0 radical (unpaired) electrons. The second kappa shape index (κ2) is 4.90. The van der Waals surface area contributed by atoms with Crippen LogP contribution >= 0.6 is 23.2 Å². The molecule has 1 aromatic carbocycles. The van der Waals surface area contributed by atoms with E-state index in [4.69, 9.17) is 23.2 Å². The minimum Gasteiger partial charge on any atom is -0.361 e. The average molecular weight is 268 g/mol. The van der Waals surface area contributed by atoms with Crippen LogP contribution in [0.3, 0.4) is 0 Å². The Balaban J connectivity index is 2.36. The fraction of sp³-hybridized carbons (Fsp3) is 0.167. The van der Waals surface area contributed by atoms with Gasteiger partial charge < -0.3 is 4.90 Å². The summed E-state index contributed by atoms with van der Waals surface area (Å²) in [5.41, 5.74) is 1.67. The Bertz CT molecular complexity index is 524. The molecule has 88 valence electrons. The van der Waals surface area contributed by atoms with Crippen LogP contribution in [0.25, 0.3) is 11.3 Å². The van der Waals surface area contributed by atoms with Gasteiger partial charge in [0, 0.05) is 19.7 Å². The summed E-state index contributed by atoms with van der Waals surface area (Å²) >= 11 is 11.8. The Morgan fingerprint density at radius 2 is 1.71 bits per heavy atom. The highest BCUT2D eigenvalue weighted by Crippen LogP contribution is 2.27. The molecule has 0 spiro atoms. The zero-order valence-corrected chi connectivity index (χ0v) is 11.0. The molecule has 0 saturated carbocycles. The fourth-order valence-electron chi connectivity index (χ4n) is 1.37. The smallest absolute Gasteiger partial charge is 0.150 e. The molecule has 1 heterocycles. The molecular weight excluding hydrogens is 257 g/mol. The van der Waals surface area contributed by atoms with E-state index in [1.54, 1.807) is 12.1 Å². The minimum atomic E-state index is 0.516. The van der Waals surface area contributed by atoms with Gasteiger partial charge in [0.05, 0.1) is 15.7 Å². The van der Waals surface area contributed by atoms with Crippen LogP contribution in [0, 0.1) is 0 Å². The van der Waals surface area contributed by atoms with E-state index in [1.165, 1.54) is 0 Å². The Labute approximate surface area is 110 Å². The summed E-state index contributed by atoms with van der Waals surface area (Å²) in [6, 6.07) is 9.21. The lowest BCUT2D eigenvalue weighted by Gasteiger charge is -2.10. The van der Waals surface area contributed by atoms with Gasteiger partial charge in [-0.15, -0.1) is 10.2 Å². The van der Waals surface area contributed by atoms with Crippen LogP contribution in [0.4, 0.5) is 5.82 Å². The quantitative estimate of drug-likeness (QED) is 0.834. The van der Waals surface area contributed by atoms with E-state index >= 15 is 0 Å². The lowest BCUT2D eigenvalue weighted by Crippen LogP contribution is -2.11. The number of aromatic nitrogens is 2. The van der Waals surface area contributed by atoms with Gasteiger partial charge in [-0.05, 0) is 24.3 Å². The van der Waals surface area contributed by atoms with Gasteiger partial charge >= 0.3 is 0 Å². The first-order valence-corrected chi connectivity index (χ1v) is 5.80. The number of anilines is 1. The molecule has 2 aromatic rings. The number of benzene rings is 1. The molecule has 0 fully saturated rings. The van der Waals surface area contributed by atoms with Crippen molar-refractivity contribution in [2.75, 3.05) is 19.0 Å². The molecule has 0 aliphatic carbocycles. The van der Waals surface area contributed by atoms with Crippen LogP contribution in [0.5, 0.6) is 0 Å². The summed E-state index contributed by atoms with van der Waals surface area (Å²) in [5, 5.41) is 9.31. The number of hydrogen-bond donors (Lipinski definition) is 0. The normalized spacial score (nSPS) is 10.4. The van der Waals surface area contributed by atoms with Crippen molar-refractivity contribution < 1.29 is 0 Å². The van der Waals surface area contributed by atoms with Crippen molar-refractivity contribution in [3.8, 4) is 11.3 Å². The fourth-order valence-corrected chi connectivity index (χ4v) is 1.67. The maximum atomic E-state index is 5.96. The highest BCUT2D eigenvalue weighted by molar-refractivity contribution is 6.42. The summed E-state index contributed by atoms with van der Waals surface area (Å²) in [6.45, 7) is 0. The van der Waals surface area contributed by atoms with Crippen LogP contribution in [-0.2, 0) is 0 Å². The predicted octanol–water partition coefficient (Wildman–Crippen LogP) is 3.52. The van der Waals surface area contributed by atoms with Gasteiger partial charge in [-0.1, -0.05) is 29.3 Å². The van der Waals surface area contributed by atoms with Crippen molar-refractivity contribution in [3.63, 3.8) is 0 Å². The minimum absolute atomic E-state index is 0.516. The summed E-state index contributed by atoms with van der Waals surface area (Å²) < 4.78 is 0. The first-order chi connectivity index (χ1) is 8.08. The monoisotopic (exact) mass is 267 g/mol. The standard InChI is InChI=1S/C12H11Cl2N3/c1-17(2)12-6-5-11(15-16-12)8-3-4-9(13)10(14)7-8/h3-7H,1-2H3. The molecule has 2 rings (SSSR count). The Morgan fingerprint density at radius 1 is 0.941 bits per heavy atom. The zero-order valence-electron chi connectivity index (χ0n) is 9.48. The molecule has 17 heavy (non-hydrogen) atoms. The molecule has 0 atom stereocenters. The summed E-state index contributed by atoms with van der Waals surface area (Å²) in [5.74, 6) is 0.814. The zero-order chi connectivity index (χ0) is 12.4. The van der Waals surface area contributed by atoms with Crippen molar-refractivity contribution in [2.24, 2.45) is 0 Å². The summed E-state index contributed by atoms with van der Waals surface area (Å²) in [7, 11) is 3.84. The van der Waals surface area contributed by atoms with Gasteiger partial charge in [0.1, 0.15) is 0 Å². The second-order valence-corrected chi connectivity index (χ2v) is 4.61. The van der Waals surface area contributed by atoms with Crippen LogP contribution in [0.15, 0.2) is 30.3 Å². The number of halogens is 2. The Kier molecular flexibility index (Phi) is 3.50. The van der Waals surface area contributed by atoms with Crippen molar-refractivity contribution in [1.82, 2.24) is 10.2 Å². The highest BCUT2D eigenvalue weighted by Gasteiger charge is 2.04. The SMILES string of the molecule is CN(C)c1ccc(-c2ccc(Cl)c(Cl)c2)nn1. The first-order valence-electron chi connectivity index (χ1n) is 5.04. The molecule has 0 N–H and O–H groups in total. The van der Waals surface area contributed by atoms with Crippen LogP contribution in [-0.4, -0.2) is 24.3 Å². The van der Waals surface area contributed by atoms with Gasteiger partial charge in [-0.3, -0.25) is 0 Å². The van der Waals surface area contributed by atoms with E-state index in [1.807, 2.05) is 37.2 Å². The van der Waals surface area contributed by atoms with Crippen molar-refractivity contribution in [2.45, 2.75) is 0 Å². The average Bonchev–Trinajstić information content (AvgIpc) is 2.33. The van der Waals surface area contributed by atoms with Gasteiger partial charge in [0.15, 0.2) is 5.82 Å². The Morgan fingerprint density at radius 3 is 2.24 bits per heavy atom. The van der Waals surface area contributed by atoms with E-state index in [9.17, 15) is 0 Å². The first kappa shape index (κ1) is 12.1. The molecule has 0 amide bonds. The largest absolute Gasteiger partial charge is 0.361 e. The molecule has 0 aliphatic heterocycles. The molecular formula is C12H11Cl2N3. The highest BCUT2D eigenvalue weighted by atomic mass is 35.5. The van der Waals surface area contributed by atoms with E-state index in [0.29, 0.717) is 10.0 Å². The van der Waals surface area contributed by atoms with Crippen LogP contribution in [0.2, 0.25) is 10.0 Å². The van der Waals surface area contributed by atoms with E-state index in [0.717, 1.165) is 17.1 Å². The molecule has 1 aromatic heterocycles. The summed E-state index contributed by atoms with van der Waals surface area (Å²) in [6.07, 6.45) is 0. The van der Waals surface area contributed by atoms with Gasteiger partial charge in [0.2, 0.25) is 0 Å². The predicted molar refractivity (Wildman–Crippen MR) is 71.8 cm³/mol. The third-order valence-electron chi connectivity index (χ3n) is 2.32. The van der Waals surface area contributed by atoms with Crippen molar-refractivity contribution in [1.29, 1.82) is 0 Å². The van der Waals surface area contributed by atoms with E-state index in [-0.39, 0.29) is 0 Å². The maximum Gasteiger partial charge on any atom is 0.150 e. The molecule has 3 nitrogen and oxygen atoms in total. The van der Waals surface area contributed by atoms with Gasteiger partial charge in [-0.25, -0.2) is 0 Å². The second-order valence-electron chi connectivity index (χ2n) is 3.80. The Hall–Kier alpha value is -1.32. The number of nitrogens with zero attached hydrogens (tertiary/aromatic N) is 3. The third kappa shape index (κ3) is 2.68. The maximum absolute atomic E-state index is 5.96. The van der Waals surface area contributed by atoms with Crippen molar-refractivity contribution in [3.05, 3.63) is 40.4 Å². The molecule has 0 bridgehead atoms. The lowest BCUT2D eigenvalue weighted by atomic mass is 10.1. The molecule has 0 aliphatic rings. The van der Waals surface area contributed by atoms with Crippen molar-refractivity contribution >= 4 is 29.0 Å². The molecule has 0 unspecified atom stereocenters. The summed E-state index contributed by atoms with van der Waals surface area (Å²) in [4.78, 5) is 1.89. The molecule has 0 saturated heterocycles. The lowest BCUT2D eigenvalue weighted by molar-refractivity contribution is 0.969. The van der Waals surface area contributed by atoms with E-state index < -0.39 is 0 Å².